The molecule has 0 saturated carbocycles. The number of thiophene rings is 1. The first-order valence-corrected chi connectivity index (χ1v) is 9.19. The van der Waals surface area contributed by atoms with Gasteiger partial charge < -0.3 is 15.2 Å². The number of benzene rings is 2. The number of hydrogen-bond acceptors (Lipinski definition) is 5. The number of carbonyl (C=O) groups is 3. The molecule has 2 aromatic carbocycles. The van der Waals surface area contributed by atoms with Gasteiger partial charge in [0.1, 0.15) is 0 Å². The first kappa shape index (κ1) is 19.1. The fourth-order valence-electron chi connectivity index (χ4n) is 2.50. The zero-order valence-electron chi connectivity index (χ0n) is 13.5. The van der Waals surface area contributed by atoms with Gasteiger partial charge in [0, 0.05) is 16.1 Å². The van der Waals surface area contributed by atoms with Gasteiger partial charge in [-0.3, -0.25) is 9.59 Å². The summed E-state index contributed by atoms with van der Waals surface area (Å²) in [5, 5.41) is 16.3. The molecule has 1 N–H and O–H groups in total. The van der Waals surface area contributed by atoms with Gasteiger partial charge in [0.25, 0.3) is 5.91 Å². The van der Waals surface area contributed by atoms with Crippen molar-refractivity contribution in [2.75, 3.05) is 5.32 Å². The second-order valence-corrected chi connectivity index (χ2v) is 7.23. The first-order chi connectivity index (χ1) is 12.9. The van der Waals surface area contributed by atoms with E-state index in [0.29, 0.717) is 27.3 Å². The fourth-order valence-corrected chi connectivity index (χ4v) is 3.72. The minimum absolute atomic E-state index is 0.0534. The van der Waals surface area contributed by atoms with Gasteiger partial charge in [-0.25, -0.2) is 0 Å². The van der Waals surface area contributed by atoms with E-state index >= 15 is 0 Å². The number of nitrogens with one attached hydrogen (secondary N) is 1. The van der Waals surface area contributed by atoms with E-state index in [0.717, 1.165) is 0 Å². The maximum Gasteiger partial charge on any atom is 0.257 e. The molecule has 0 fully saturated rings. The number of rotatable bonds is 5. The van der Waals surface area contributed by atoms with Crippen molar-refractivity contribution in [3.8, 4) is 11.1 Å². The van der Waals surface area contributed by atoms with Crippen LogP contribution in [0.1, 0.15) is 30.4 Å². The number of carboxylic acids is 1. The Labute approximate surface area is 168 Å². The molecule has 1 heterocycles. The molecule has 5 nitrogen and oxygen atoms in total. The van der Waals surface area contributed by atoms with Gasteiger partial charge in [0.05, 0.1) is 27.1 Å². The van der Waals surface area contributed by atoms with Crippen LogP contribution in [-0.4, -0.2) is 18.2 Å². The smallest absolute Gasteiger partial charge is 0.257 e. The van der Waals surface area contributed by atoms with Crippen molar-refractivity contribution in [3.63, 3.8) is 0 Å². The van der Waals surface area contributed by atoms with Crippen LogP contribution < -0.4 is 10.4 Å². The second kappa shape index (κ2) is 7.92. The van der Waals surface area contributed by atoms with Gasteiger partial charge in [-0.1, -0.05) is 29.3 Å². The van der Waals surface area contributed by atoms with Crippen LogP contribution in [0.25, 0.3) is 11.1 Å². The molecule has 3 rings (SSSR count). The third-order valence-electron chi connectivity index (χ3n) is 3.78. The molecule has 8 heteroatoms. The van der Waals surface area contributed by atoms with Crippen molar-refractivity contribution in [3.05, 3.63) is 73.9 Å². The SMILES string of the molecule is O=Cc1sccc1-c1ccc(NC(=O)c2ccc(Cl)cc2Cl)c(C(=O)[O-])c1. The van der Waals surface area contributed by atoms with Crippen molar-refractivity contribution in [1.82, 2.24) is 0 Å². The van der Waals surface area contributed by atoms with Crippen molar-refractivity contribution in [2.45, 2.75) is 0 Å². The van der Waals surface area contributed by atoms with Crippen molar-refractivity contribution in [2.24, 2.45) is 0 Å². The Morgan fingerprint density at radius 1 is 1.04 bits per heavy atom. The highest BCUT2D eigenvalue weighted by molar-refractivity contribution is 7.12. The molecule has 0 radical (unpaired) electrons. The first-order valence-electron chi connectivity index (χ1n) is 7.55. The van der Waals surface area contributed by atoms with E-state index in [9.17, 15) is 19.5 Å². The number of carboxylic acid groups (broad SMARTS) is 1. The number of carbonyl (C=O) groups excluding carboxylic acids is 3. The van der Waals surface area contributed by atoms with E-state index in [4.69, 9.17) is 23.2 Å². The summed E-state index contributed by atoms with van der Waals surface area (Å²) in [6, 6.07) is 10.5. The molecule has 1 amide bonds. The number of aldehydes is 1. The Morgan fingerprint density at radius 3 is 2.48 bits per heavy atom. The van der Waals surface area contributed by atoms with Crippen LogP contribution in [0.2, 0.25) is 10.0 Å². The van der Waals surface area contributed by atoms with Crippen LogP contribution in [0.15, 0.2) is 47.8 Å². The summed E-state index contributed by atoms with van der Waals surface area (Å²) < 4.78 is 0. The van der Waals surface area contributed by atoms with Gasteiger partial charge in [-0.15, -0.1) is 11.3 Å². The predicted octanol–water partition coefficient (Wildman–Crippen LogP) is 4.15. The average Bonchev–Trinajstić information content (AvgIpc) is 3.10. The van der Waals surface area contributed by atoms with Crippen LogP contribution in [0.3, 0.4) is 0 Å². The van der Waals surface area contributed by atoms with Crippen molar-refractivity contribution < 1.29 is 19.5 Å². The Kier molecular flexibility index (Phi) is 5.60. The van der Waals surface area contributed by atoms with Gasteiger partial charge in [-0.05, 0) is 47.3 Å². The molecule has 0 aliphatic rings. The molecule has 0 unspecified atom stereocenters. The molecule has 0 aliphatic heterocycles. The summed E-state index contributed by atoms with van der Waals surface area (Å²) in [5.41, 5.74) is 1.12. The van der Waals surface area contributed by atoms with E-state index in [1.807, 2.05) is 0 Å². The zero-order chi connectivity index (χ0) is 19.6. The zero-order valence-corrected chi connectivity index (χ0v) is 15.8. The summed E-state index contributed by atoms with van der Waals surface area (Å²) in [4.78, 5) is 35.6. The van der Waals surface area contributed by atoms with Crippen molar-refractivity contribution >= 4 is 58.4 Å². The summed E-state index contributed by atoms with van der Waals surface area (Å²) in [5.74, 6) is -2.05. The largest absolute Gasteiger partial charge is 0.545 e. The molecule has 0 bridgehead atoms. The Balaban J connectivity index is 1.97. The highest BCUT2D eigenvalue weighted by atomic mass is 35.5. The normalized spacial score (nSPS) is 10.4. The highest BCUT2D eigenvalue weighted by Gasteiger charge is 2.15. The lowest BCUT2D eigenvalue weighted by Crippen LogP contribution is -2.25. The number of aromatic carboxylic acids is 1. The third-order valence-corrected chi connectivity index (χ3v) is 5.17. The molecule has 136 valence electrons. The summed E-state index contributed by atoms with van der Waals surface area (Å²) >= 11 is 13.1. The summed E-state index contributed by atoms with van der Waals surface area (Å²) in [7, 11) is 0. The number of halogens is 2. The molecule has 0 atom stereocenters. The third kappa shape index (κ3) is 4.03. The maximum atomic E-state index is 12.4. The Bertz CT molecular complexity index is 1060. The van der Waals surface area contributed by atoms with E-state index in [1.54, 1.807) is 17.5 Å². The quantitative estimate of drug-likeness (QED) is 0.630. The van der Waals surface area contributed by atoms with E-state index in [1.165, 1.54) is 41.7 Å². The number of hydrogen-bond donors (Lipinski definition) is 1. The Hall–Kier alpha value is -2.67. The van der Waals surface area contributed by atoms with E-state index in [-0.39, 0.29) is 21.8 Å². The molecule has 3 aromatic rings. The molecular weight excluding hydrogens is 409 g/mol. The van der Waals surface area contributed by atoms with Gasteiger partial charge in [0.2, 0.25) is 0 Å². The monoisotopic (exact) mass is 418 g/mol. The minimum atomic E-state index is -1.46. The van der Waals surface area contributed by atoms with Gasteiger partial charge in [-0.2, -0.15) is 0 Å². The van der Waals surface area contributed by atoms with Gasteiger partial charge >= 0.3 is 0 Å². The van der Waals surface area contributed by atoms with Crippen LogP contribution in [0.4, 0.5) is 5.69 Å². The topological polar surface area (TPSA) is 86.3 Å². The fraction of sp³-hybridized carbons (Fsp3) is 0. The summed E-state index contributed by atoms with van der Waals surface area (Å²) in [6.45, 7) is 0. The number of amides is 1. The molecule has 0 aliphatic carbocycles. The van der Waals surface area contributed by atoms with Crippen LogP contribution in [0.5, 0.6) is 0 Å². The van der Waals surface area contributed by atoms with E-state index < -0.39 is 11.9 Å². The maximum absolute atomic E-state index is 12.4. The van der Waals surface area contributed by atoms with Crippen LogP contribution >= 0.6 is 34.5 Å². The predicted molar refractivity (Wildman–Crippen MR) is 104 cm³/mol. The standard InChI is InChI=1S/C19H11Cl2NO4S/c20-11-2-3-13(15(21)8-11)18(24)22-16-4-1-10(7-14(16)19(25)26)12-5-6-27-17(12)9-23/h1-9H,(H,22,24)(H,25,26)/p-1. The molecular formula is C19H10Cl2NO4S-. The molecule has 0 spiro atoms. The van der Waals surface area contributed by atoms with E-state index in [2.05, 4.69) is 5.32 Å². The lowest BCUT2D eigenvalue weighted by Gasteiger charge is -2.14. The molecule has 0 saturated heterocycles. The Morgan fingerprint density at radius 2 is 1.81 bits per heavy atom. The van der Waals surface area contributed by atoms with Crippen LogP contribution in [-0.2, 0) is 0 Å². The van der Waals surface area contributed by atoms with Crippen LogP contribution in [0, 0.1) is 0 Å². The second-order valence-electron chi connectivity index (χ2n) is 5.44. The minimum Gasteiger partial charge on any atom is -0.545 e. The molecule has 1 aromatic heterocycles. The highest BCUT2D eigenvalue weighted by Crippen LogP contribution is 2.30. The van der Waals surface area contributed by atoms with Gasteiger partial charge in [0.15, 0.2) is 6.29 Å². The average molecular weight is 419 g/mol. The lowest BCUT2D eigenvalue weighted by atomic mass is 10.0. The summed E-state index contributed by atoms with van der Waals surface area (Å²) in [6.07, 6.45) is 0.705. The molecule has 27 heavy (non-hydrogen) atoms. The lowest BCUT2D eigenvalue weighted by molar-refractivity contribution is -0.254. The number of anilines is 1. The van der Waals surface area contributed by atoms with Crippen molar-refractivity contribution in [1.29, 1.82) is 0 Å².